The number of carboxylic acid groups (broad SMARTS) is 1. The van der Waals surface area contributed by atoms with E-state index in [1.807, 2.05) is 0 Å². The maximum absolute atomic E-state index is 10.6. The molecule has 3 nitrogen and oxygen atoms in total. The molecular weight excluding hydrogens is 262 g/mol. The molecule has 1 unspecified atom stereocenters. The summed E-state index contributed by atoms with van der Waals surface area (Å²) in [6.45, 7) is 9.80. The first kappa shape index (κ1) is 16.0. The summed E-state index contributed by atoms with van der Waals surface area (Å²) < 4.78 is 0. The van der Waals surface area contributed by atoms with Gasteiger partial charge in [-0.1, -0.05) is 45.0 Å². The molecule has 1 fully saturated rings. The van der Waals surface area contributed by atoms with Crippen molar-refractivity contribution in [2.24, 2.45) is 5.92 Å². The van der Waals surface area contributed by atoms with Crippen LogP contribution in [-0.4, -0.2) is 29.1 Å². The molecule has 21 heavy (non-hydrogen) atoms. The van der Waals surface area contributed by atoms with Crippen LogP contribution in [0.1, 0.15) is 51.2 Å². The van der Waals surface area contributed by atoms with Crippen LogP contribution in [0.3, 0.4) is 0 Å². The molecule has 3 heteroatoms. The number of carbonyl (C=O) groups is 1. The molecule has 0 saturated carbocycles. The van der Waals surface area contributed by atoms with Crippen LogP contribution in [0.15, 0.2) is 24.3 Å². The molecule has 116 valence electrons. The van der Waals surface area contributed by atoms with Crippen molar-refractivity contribution in [3.05, 3.63) is 35.4 Å². The van der Waals surface area contributed by atoms with Gasteiger partial charge in [-0.25, -0.2) is 0 Å². The van der Waals surface area contributed by atoms with Gasteiger partial charge in [-0.3, -0.25) is 9.69 Å². The molecule has 0 bridgehead atoms. The van der Waals surface area contributed by atoms with E-state index in [1.165, 1.54) is 11.1 Å². The number of rotatable bonds is 5. The zero-order chi connectivity index (χ0) is 15.5. The summed E-state index contributed by atoms with van der Waals surface area (Å²) in [6, 6.07) is 8.91. The third kappa shape index (κ3) is 4.85. The van der Waals surface area contributed by atoms with E-state index in [-0.39, 0.29) is 5.41 Å². The average Bonchev–Trinajstić information content (AvgIpc) is 2.83. The Kier molecular flexibility index (Phi) is 5.04. The van der Waals surface area contributed by atoms with E-state index in [0.717, 1.165) is 32.5 Å². The zero-order valence-corrected chi connectivity index (χ0v) is 13.4. The van der Waals surface area contributed by atoms with Crippen molar-refractivity contribution in [2.45, 2.75) is 52.0 Å². The Morgan fingerprint density at radius 1 is 1.29 bits per heavy atom. The lowest BCUT2D eigenvalue weighted by atomic mass is 9.87. The fraction of sp³-hybridized carbons (Fsp3) is 0.611. The van der Waals surface area contributed by atoms with Crippen LogP contribution >= 0.6 is 0 Å². The number of hydrogen-bond acceptors (Lipinski definition) is 2. The minimum absolute atomic E-state index is 0.202. The first-order valence-electron chi connectivity index (χ1n) is 7.88. The van der Waals surface area contributed by atoms with Gasteiger partial charge in [0.1, 0.15) is 0 Å². The van der Waals surface area contributed by atoms with Crippen LogP contribution in [0.5, 0.6) is 0 Å². The Hall–Kier alpha value is -1.35. The largest absolute Gasteiger partial charge is 0.481 e. The van der Waals surface area contributed by atoms with Gasteiger partial charge >= 0.3 is 5.97 Å². The molecule has 1 aliphatic rings. The smallest absolute Gasteiger partial charge is 0.303 e. The van der Waals surface area contributed by atoms with Gasteiger partial charge in [0.2, 0.25) is 0 Å². The molecule has 0 aliphatic carbocycles. The van der Waals surface area contributed by atoms with Crippen molar-refractivity contribution in [1.82, 2.24) is 4.90 Å². The third-order valence-electron chi connectivity index (χ3n) is 4.36. The minimum atomic E-state index is -0.675. The van der Waals surface area contributed by atoms with Crippen molar-refractivity contribution < 1.29 is 9.90 Å². The summed E-state index contributed by atoms with van der Waals surface area (Å²) in [6.07, 6.45) is 2.25. The highest BCUT2D eigenvalue weighted by Gasteiger charge is 2.23. The number of benzene rings is 1. The first-order valence-corrected chi connectivity index (χ1v) is 7.88. The predicted octanol–water partition coefficient (Wildman–Crippen LogP) is 3.67. The summed E-state index contributed by atoms with van der Waals surface area (Å²) in [5.41, 5.74) is 2.92. The Morgan fingerprint density at radius 3 is 2.52 bits per heavy atom. The normalized spacial score (nSPS) is 19.9. The monoisotopic (exact) mass is 289 g/mol. The highest BCUT2D eigenvalue weighted by Crippen LogP contribution is 2.25. The lowest BCUT2D eigenvalue weighted by Gasteiger charge is -2.20. The van der Waals surface area contributed by atoms with E-state index in [9.17, 15) is 4.79 Å². The van der Waals surface area contributed by atoms with E-state index in [2.05, 4.69) is 49.9 Å². The van der Waals surface area contributed by atoms with Crippen molar-refractivity contribution in [1.29, 1.82) is 0 Å². The third-order valence-corrected chi connectivity index (χ3v) is 4.36. The molecule has 1 heterocycles. The standard InChI is InChI=1S/C18H27NO2/c1-18(2,3)16-7-4-14(5-8-16)12-19-11-10-15(13-19)6-9-17(20)21/h4-5,7-8,15H,6,9-13H2,1-3H3,(H,20,21). The second kappa shape index (κ2) is 6.61. The second-order valence-corrected chi connectivity index (χ2v) is 7.27. The lowest BCUT2D eigenvalue weighted by Crippen LogP contribution is -2.20. The Labute approximate surface area is 128 Å². The van der Waals surface area contributed by atoms with Gasteiger partial charge in [-0.05, 0) is 41.8 Å². The van der Waals surface area contributed by atoms with E-state index < -0.39 is 5.97 Å². The zero-order valence-electron chi connectivity index (χ0n) is 13.4. The average molecular weight is 289 g/mol. The van der Waals surface area contributed by atoms with E-state index in [4.69, 9.17) is 5.11 Å². The summed E-state index contributed by atoms with van der Waals surface area (Å²) in [7, 11) is 0. The fourth-order valence-electron chi connectivity index (χ4n) is 2.99. The maximum atomic E-state index is 10.6. The molecule has 0 radical (unpaired) electrons. The van der Waals surface area contributed by atoms with Crippen LogP contribution in [0.25, 0.3) is 0 Å². The molecule has 1 aromatic rings. The summed E-state index contributed by atoms with van der Waals surface area (Å²) in [4.78, 5) is 13.1. The van der Waals surface area contributed by atoms with Crippen LogP contribution in [-0.2, 0) is 16.8 Å². The minimum Gasteiger partial charge on any atom is -0.481 e. The van der Waals surface area contributed by atoms with Crippen molar-refractivity contribution in [2.75, 3.05) is 13.1 Å². The van der Waals surface area contributed by atoms with E-state index >= 15 is 0 Å². The van der Waals surface area contributed by atoms with Gasteiger partial charge in [0.15, 0.2) is 0 Å². The van der Waals surface area contributed by atoms with Crippen molar-refractivity contribution in [3.63, 3.8) is 0 Å². The number of nitrogens with zero attached hydrogens (tertiary/aromatic N) is 1. The number of likely N-dealkylation sites (tertiary alicyclic amines) is 1. The molecule has 0 aromatic heterocycles. The van der Waals surface area contributed by atoms with Gasteiger partial charge in [-0.15, -0.1) is 0 Å². The number of aliphatic carboxylic acids is 1. The SMILES string of the molecule is CC(C)(C)c1ccc(CN2CCC(CCC(=O)O)C2)cc1. The van der Waals surface area contributed by atoms with Crippen molar-refractivity contribution in [3.8, 4) is 0 Å². The summed E-state index contributed by atoms with van der Waals surface area (Å²) in [5, 5.41) is 8.75. The molecular formula is C18H27NO2. The van der Waals surface area contributed by atoms with Crippen LogP contribution in [0.2, 0.25) is 0 Å². The molecule has 1 N–H and O–H groups in total. The lowest BCUT2D eigenvalue weighted by molar-refractivity contribution is -0.137. The maximum Gasteiger partial charge on any atom is 0.303 e. The summed E-state index contributed by atoms with van der Waals surface area (Å²) >= 11 is 0. The molecule has 0 amide bonds. The van der Waals surface area contributed by atoms with Gasteiger partial charge in [0.25, 0.3) is 0 Å². The van der Waals surface area contributed by atoms with Gasteiger partial charge < -0.3 is 5.11 Å². The quantitative estimate of drug-likeness (QED) is 0.899. The Bertz CT molecular complexity index is 473. The predicted molar refractivity (Wildman–Crippen MR) is 85.4 cm³/mol. The topological polar surface area (TPSA) is 40.5 Å². The number of carboxylic acids is 1. The Balaban J connectivity index is 1.84. The van der Waals surface area contributed by atoms with Crippen LogP contribution < -0.4 is 0 Å². The molecule has 1 saturated heterocycles. The molecule has 1 aromatic carbocycles. The van der Waals surface area contributed by atoms with Gasteiger partial charge in [0, 0.05) is 19.5 Å². The first-order chi connectivity index (χ1) is 9.84. The highest BCUT2D eigenvalue weighted by atomic mass is 16.4. The van der Waals surface area contributed by atoms with Gasteiger partial charge in [0.05, 0.1) is 0 Å². The molecule has 0 spiro atoms. The van der Waals surface area contributed by atoms with Crippen molar-refractivity contribution >= 4 is 5.97 Å². The van der Waals surface area contributed by atoms with Crippen LogP contribution in [0, 0.1) is 5.92 Å². The van der Waals surface area contributed by atoms with Gasteiger partial charge in [-0.2, -0.15) is 0 Å². The van der Waals surface area contributed by atoms with E-state index in [0.29, 0.717) is 12.3 Å². The fourth-order valence-corrected chi connectivity index (χ4v) is 2.99. The second-order valence-electron chi connectivity index (χ2n) is 7.27. The van der Waals surface area contributed by atoms with Crippen LogP contribution in [0.4, 0.5) is 0 Å². The highest BCUT2D eigenvalue weighted by molar-refractivity contribution is 5.66. The Morgan fingerprint density at radius 2 is 1.95 bits per heavy atom. The molecule has 1 atom stereocenters. The molecule has 2 rings (SSSR count). The molecule has 1 aliphatic heterocycles. The number of hydrogen-bond donors (Lipinski definition) is 1. The van der Waals surface area contributed by atoms with E-state index in [1.54, 1.807) is 0 Å². The summed E-state index contributed by atoms with van der Waals surface area (Å²) in [5.74, 6) is -0.124.